The quantitative estimate of drug-likeness (QED) is 0.547. The van der Waals surface area contributed by atoms with Crippen LogP contribution in [0.5, 0.6) is 0 Å². The Morgan fingerprint density at radius 2 is 1.45 bits per heavy atom. The lowest BCUT2D eigenvalue weighted by Gasteiger charge is -2.06. The van der Waals surface area contributed by atoms with Gasteiger partial charge in [0.15, 0.2) is 0 Å². The predicted molar refractivity (Wildman–Crippen MR) is 88.9 cm³/mol. The molecule has 0 aromatic carbocycles. The summed E-state index contributed by atoms with van der Waals surface area (Å²) in [6.07, 6.45) is 16.7. The van der Waals surface area contributed by atoms with E-state index in [0.29, 0.717) is 5.82 Å². The topological polar surface area (TPSA) is 38.9 Å². The Morgan fingerprint density at radius 3 is 2.05 bits per heavy atom. The first-order valence-corrected chi connectivity index (χ1v) is 8.45. The van der Waals surface area contributed by atoms with E-state index in [0.717, 1.165) is 6.42 Å². The smallest absolute Gasteiger partial charge is 0.126 e. The predicted octanol–water partition coefficient (Wildman–Crippen LogP) is 5.44. The van der Waals surface area contributed by atoms with Gasteiger partial charge in [-0.15, -0.1) is 0 Å². The average Bonchev–Trinajstić information content (AvgIpc) is 2.44. The van der Waals surface area contributed by atoms with E-state index in [-0.39, 0.29) is 0 Å². The second kappa shape index (κ2) is 10.7. The van der Waals surface area contributed by atoms with Gasteiger partial charge in [-0.05, 0) is 30.9 Å². The molecule has 1 heterocycles. The Kier molecular flexibility index (Phi) is 9.10. The van der Waals surface area contributed by atoms with Crippen LogP contribution >= 0.6 is 0 Å². The van der Waals surface area contributed by atoms with Crippen molar-refractivity contribution in [1.82, 2.24) is 4.98 Å². The van der Waals surface area contributed by atoms with Crippen LogP contribution in [0.4, 0.5) is 5.82 Å². The van der Waals surface area contributed by atoms with Gasteiger partial charge in [0.25, 0.3) is 0 Å². The van der Waals surface area contributed by atoms with Crippen molar-refractivity contribution >= 4 is 5.82 Å². The number of aromatic nitrogens is 1. The Hall–Kier alpha value is -1.05. The molecular weight excluding hydrogens is 244 g/mol. The fraction of sp³-hybridized carbons (Fsp3) is 0.722. The summed E-state index contributed by atoms with van der Waals surface area (Å²) in [4.78, 5) is 4.22. The van der Waals surface area contributed by atoms with E-state index in [9.17, 15) is 0 Å². The van der Waals surface area contributed by atoms with E-state index in [1.807, 2.05) is 6.20 Å². The zero-order chi connectivity index (χ0) is 14.6. The van der Waals surface area contributed by atoms with Gasteiger partial charge in [0.2, 0.25) is 0 Å². The van der Waals surface area contributed by atoms with Crippen LogP contribution in [-0.2, 0) is 6.42 Å². The van der Waals surface area contributed by atoms with Crippen molar-refractivity contribution in [1.29, 1.82) is 0 Å². The van der Waals surface area contributed by atoms with Crippen molar-refractivity contribution in [3.63, 3.8) is 0 Å². The number of nitrogen functional groups attached to an aromatic ring is 1. The van der Waals surface area contributed by atoms with Crippen molar-refractivity contribution in [2.45, 2.75) is 84.5 Å². The zero-order valence-electron chi connectivity index (χ0n) is 13.5. The maximum Gasteiger partial charge on any atom is 0.126 e. The number of unbranched alkanes of at least 4 members (excludes halogenated alkanes) is 9. The summed E-state index contributed by atoms with van der Waals surface area (Å²) in [5, 5.41) is 0. The fourth-order valence-electron chi connectivity index (χ4n) is 2.64. The third kappa shape index (κ3) is 7.52. The van der Waals surface area contributed by atoms with Crippen molar-refractivity contribution in [2.24, 2.45) is 0 Å². The van der Waals surface area contributed by atoms with Gasteiger partial charge in [0.05, 0.1) is 0 Å². The molecule has 0 aliphatic carbocycles. The monoisotopic (exact) mass is 276 g/mol. The first-order valence-electron chi connectivity index (χ1n) is 8.45. The van der Waals surface area contributed by atoms with E-state index >= 15 is 0 Å². The minimum atomic E-state index is 0.714. The molecule has 0 atom stereocenters. The Labute approximate surface area is 125 Å². The van der Waals surface area contributed by atoms with Gasteiger partial charge in [-0.1, -0.05) is 70.8 Å². The molecule has 0 unspecified atom stereocenters. The molecule has 1 aromatic heterocycles. The third-order valence-electron chi connectivity index (χ3n) is 3.94. The maximum absolute atomic E-state index is 5.90. The highest BCUT2D eigenvalue weighted by molar-refractivity contribution is 5.40. The fourth-order valence-corrected chi connectivity index (χ4v) is 2.64. The molecule has 114 valence electrons. The van der Waals surface area contributed by atoms with E-state index in [2.05, 4.69) is 24.9 Å². The summed E-state index contributed by atoms with van der Waals surface area (Å²) in [5.74, 6) is 0.714. The number of nitrogens with two attached hydrogens (primary N) is 1. The van der Waals surface area contributed by atoms with Crippen LogP contribution in [0.25, 0.3) is 0 Å². The molecule has 0 aliphatic heterocycles. The van der Waals surface area contributed by atoms with Crippen molar-refractivity contribution < 1.29 is 0 Å². The largest absolute Gasteiger partial charge is 0.383 e. The second-order valence-corrected chi connectivity index (χ2v) is 5.99. The molecule has 0 radical (unpaired) electrons. The van der Waals surface area contributed by atoms with E-state index in [4.69, 9.17) is 5.73 Å². The number of hydrogen-bond acceptors (Lipinski definition) is 2. The number of rotatable bonds is 11. The Morgan fingerprint density at radius 1 is 0.900 bits per heavy atom. The summed E-state index contributed by atoms with van der Waals surface area (Å²) in [7, 11) is 0. The van der Waals surface area contributed by atoms with Crippen LogP contribution in [0.15, 0.2) is 12.3 Å². The minimum Gasteiger partial charge on any atom is -0.383 e. The summed E-state index contributed by atoms with van der Waals surface area (Å²) in [5.41, 5.74) is 8.33. The van der Waals surface area contributed by atoms with Gasteiger partial charge in [0, 0.05) is 6.20 Å². The Balaban J connectivity index is 1.98. The van der Waals surface area contributed by atoms with Gasteiger partial charge < -0.3 is 5.73 Å². The van der Waals surface area contributed by atoms with Gasteiger partial charge in [-0.25, -0.2) is 4.98 Å². The lowest BCUT2D eigenvalue weighted by Crippen LogP contribution is -1.98. The van der Waals surface area contributed by atoms with Crippen molar-refractivity contribution in [2.75, 3.05) is 5.73 Å². The van der Waals surface area contributed by atoms with Crippen LogP contribution in [0, 0.1) is 6.92 Å². The molecule has 0 saturated carbocycles. The summed E-state index contributed by atoms with van der Waals surface area (Å²) in [6.45, 7) is 4.35. The van der Waals surface area contributed by atoms with Crippen molar-refractivity contribution in [3.05, 3.63) is 23.4 Å². The van der Waals surface area contributed by atoms with Crippen LogP contribution < -0.4 is 5.73 Å². The van der Waals surface area contributed by atoms with E-state index in [1.165, 1.54) is 75.3 Å². The first kappa shape index (κ1) is 17.0. The molecule has 2 N–H and O–H groups in total. The van der Waals surface area contributed by atoms with Crippen LogP contribution in [0.2, 0.25) is 0 Å². The van der Waals surface area contributed by atoms with Crippen LogP contribution in [0.1, 0.15) is 82.3 Å². The molecule has 0 amide bonds. The van der Waals surface area contributed by atoms with Crippen LogP contribution in [-0.4, -0.2) is 4.98 Å². The average molecular weight is 276 g/mol. The molecular formula is C18H32N2. The second-order valence-electron chi connectivity index (χ2n) is 5.99. The number of aryl methyl sites for hydroxylation is 2. The lowest BCUT2D eigenvalue weighted by atomic mass is 10.0. The molecule has 0 aliphatic rings. The number of pyridine rings is 1. The standard InChI is InChI=1S/C18H32N2/c1-3-4-5-6-7-8-9-10-11-12-13-17-14-16(2)15-20-18(17)19/h14-15H,3-13H2,1-2H3,(H2,19,20). The molecule has 20 heavy (non-hydrogen) atoms. The van der Waals surface area contributed by atoms with Gasteiger partial charge in [-0.2, -0.15) is 0 Å². The lowest BCUT2D eigenvalue weighted by molar-refractivity contribution is 0.556. The molecule has 0 saturated heterocycles. The molecule has 1 aromatic rings. The summed E-state index contributed by atoms with van der Waals surface area (Å²) < 4.78 is 0. The zero-order valence-corrected chi connectivity index (χ0v) is 13.5. The highest BCUT2D eigenvalue weighted by Gasteiger charge is 2.01. The highest BCUT2D eigenvalue weighted by Crippen LogP contribution is 2.15. The van der Waals surface area contributed by atoms with Gasteiger partial charge in [0.1, 0.15) is 5.82 Å². The number of hydrogen-bond donors (Lipinski definition) is 1. The highest BCUT2D eigenvalue weighted by atomic mass is 14.8. The van der Waals surface area contributed by atoms with Crippen molar-refractivity contribution in [3.8, 4) is 0 Å². The van der Waals surface area contributed by atoms with Gasteiger partial charge in [-0.3, -0.25) is 0 Å². The van der Waals surface area contributed by atoms with E-state index in [1.54, 1.807) is 0 Å². The van der Waals surface area contributed by atoms with Gasteiger partial charge >= 0.3 is 0 Å². The maximum atomic E-state index is 5.90. The molecule has 0 spiro atoms. The number of nitrogens with zero attached hydrogens (tertiary/aromatic N) is 1. The van der Waals surface area contributed by atoms with E-state index < -0.39 is 0 Å². The summed E-state index contributed by atoms with van der Waals surface area (Å²) >= 11 is 0. The molecule has 0 fully saturated rings. The number of anilines is 1. The third-order valence-corrected chi connectivity index (χ3v) is 3.94. The minimum absolute atomic E-state index is 0.714. The van der Waals surface area contributed by atoms with Crippen LogP contribution in [0.3, 0.4) is 0 Å². The normalized spacial score (nSPS) is 10.9. The SMILES string of the molecule is CCCCCCCCCCCCc1cc(C)cnc1N. The Bertz CT molecular complexity index is 360. The first-order chi connectivity index (χ1) is 9.74. The molecule has 1 rings (SSSR count). The molecule has 2 heteroatoms. The molecule has 0 bridgehead atoms. The molecule has 2 nitrogen and oxygen atoms in total. The summed E-state index contributed by atoms with van der Waals surface area (Å²) in [6, 6.07) is 2.18.